The number of rotatable bonds is 5. The molecule has 120 valence electrons. The average molecular weight is 331 g/mol. The van der Waals surface area contributed by atoms with Crippen molar-refractivity contribution >= 4 is 11.6 Å². The van der Waals surface area contributed by atoms with Crippen LogP contribution in [0.2, 0.25) is 5.15 Å². The van der Waals surface area contributed by atoms with Crippen molar-refractivity contribution in [3.63, 3.8) is 0 Å². The molecule has 0 spiro atoms. The zero-order valence-corrected chi connectivity index (χ0v) is 14.0. The first-order chi connectivity index (χ1) is 11.1. The Morgan fingerprint density at radius 1 is 1.22 bits per heavy atom. The van der Waals surface area contributed by atoms with Crippen LogP contribution in [0.15, 0.2) is 36.7 Å². The number of halogens is 1. The first-order valence-corrected chi connectivity index (χ1v) is 7.92. The number of hydrogen-bond acceptors (Lipinski definition) is 3. The highest BCUT2D eigenvalue weighted by Gasteiger charge is 2.22. The summed E-state index contributed by atoms with van der Waals surface area (Å²) >= 11 is 6.48. The van der Waals surface area contributed by atoms with E-state index in [0.717, 1.165) is 28.2 Å². The Morgan fingerprint density at radius 3 is 2.57 bits per heavy atom. The Kier molecular flexibility index (Phi) is 4.50. The fraction of sp³-hybridized carbons (Fsp3) is 0.294. The van der Waals surface area contributed by atoms with Crippen LogP contribution in [-0.2, 0) is 13.6 Å². The molecule has 0 aliphatic rings. The molecule has 3 rings (SSSR count). The molecular formula is C17H19ClN4O. The van der Waals surface area contributed by atoms with Crippen LogP contribution in [0.4, 0.5) is 0 Å². The van der Waals surface area contributed by atoms with Crippen molar-refractivity contribution in [2.45, 2.75) is 19.9 Å². The van der Waals surface area contributed by atoms with Gasteiger partial charge in [0.2, 0.25) is 0 Å². The number of nitrogens with zero attached hydrogens (tertiary/aromatic N) is 4. The van der Waals surface area contributed by atoms with Gasteiger partial charge in [-0.1, -0.05) is 41.9 Å². The fourth-order valence-corrected chi connectivity index (χ4v) is 3.03. The van der Waals surface area contributed by atoms with Gasteiger partial charge >= 0.3 is 0 Å². The molecule has 0 aliphatic heterocycles. The van der Waals surface area contributed by atoms with Gasteiger partial charge in [-0.25, -0.2) is 4.98 Å². The second kappa shape index (κ2) is 6.56. The molecule has 0 aliphatic carbocycles. The van der Waals surface area contributed by atoms with E-state index in [1.807, 2.05) is 48.9 Å². The summed E-state index contributed by atoms with van der Waals surface area (Å²) in [6.45, 7) is 2.76. The smallest absolute Gasteiger partial charge is 0.136 e. The quantitative estimate of drug-likeness (QED) is 0.781. The molecule has 0 saturated heterocycles. The van der Waals surface area contributed by atoms with Gasteiger partial charge in [0.1, 0.15) is 5.15 Å². The largest absolute Gasteiger partial charge is 0.396 e. The first-order valence-electron chi connectivity index (χ1n) is 7.54. The van der Waals surface area contributed by atoms with Crippen molar-refractivity contribution in [3.05, 3.63) is 47.5 Å². The number of aromatic nitrogens is 4. The summed E-state index contributed by atoms with van der Waals surface area (Å²) in [6, 6.07) is 10.0. The first kappa shape index (κ1) is 15.8. The SMILES string of the molecule is Cc1nn(C)c(Cl)c1-c1c(-c2ccccc2)ncn1CCCO. The van der Waals surface area contributed by atoms with Crippen molar-refractivity contribution in [2.24, 2.45) is 7.05 Å². The Morgan fingerprint density at radius 2 is 1.96 bits per heavy atom. The molecule has 5 nitrogen and oxygen atoms in total. The summed E-state index contributed by atoms with van der Waals surface area (Å²) < 4.78 is 3.71. The lowest BCUT2D eigenvalue weighted by atomic mass is 10.1. The minimum atomic E-state index is 0.137. The van der Waals surface area contributed by atoms with Gasteiger partial charge in [0.15, 0.2) is 0 Å². The van der Waals surface area contributed by atoms with Crippen LogP contribution in [0.5, 0.6) is 0 Å². The average Bonchev–Trinajstić information content (AvgIpc) is 3.07. The van der Waals surface area contributed by atoms with E-state index in [4.69, 9.17) is 16.7 Å². The van der Waals surface area contributed by atoms with E-state index >= 15 is 0 Å². The molecule has 1 aromatic carbocycles. The maximum absolute atomic E-state index is 9.15. The van der Waals surface area contributed by atoms with E-state index < -0.39 is 0 Å². The van der Waals surface area contributed by atoms with Crippen LogP contribution < -0.4 is 0 Å². The number of hydrogen-bond donors (Lipinski definition) is 1. The predicted molar refractivity (Wildman–Crippen MR) is 91.3 cm³/mol. The molecule has 3 aromatic rings. The molecule has 23 heavy (non-hydrogen) atoms. The Balaban J connectivity index is 2.21. The van der Waals surface area contributed by atoms with Gasteiger partial charge in [-0.3, -0.25) is 4.68 Å². The third kappa shape index (κ3) is 2.90. The van der Waals surface area contributed by atoms with Crippen molar-refractivity contribution < 1.29 is 5.11 Å². The van der Waals surface area contributed by atoms with E-state index in [1.165, 1.54) is 0 Å². The maximum atomic E-state index is 9.15. The predicted octanol–water partition coefficient (Wildman–Crippen LogP) is 3.29. The molecule has 2 heterocycles. The van der Waals surface area contributed by atoms with Crippen LogP contribution >= 0.6 is 11.6 Å². The molecule has 0 atom stereocenters. The second-order valence-electron chi connectivity index (χ2n) is 5.45. The third-order valence-electron chi connectivity index (χ3n) is 3.83. The van der Waals surface area contributed by atoms with Crippen LogP contribution in [0.1, 0.15) is 12.1 Å². The van der Waals surface area contributed by atoms with Crippen molar-refractivity contribution in [1.29, 1.82) is 0 Å². The molecule has 1 N–H and O–H groups in total. The van der Waals surface area contributed by atoms with Crippen molar-refractivity contribution in [3.8, 4) is 22.5 Å². The summed E-state index contributed by atoms with van der Waals surface area (Å²) in [5.41, 5.74) is 4.61. The topological polar surface area (TPSA) is 55.9 Å². The highest BCUT2D eigenvalue weighted by molar-refractivity contribution is 6.32. The highest BCUT2D eigenvalue weighted by Crippen LogP contribution is 2.37. The Labute approximate surface area is 140 Å². The minimum absolute atomic E-state index is 0.137. The molecule has 0 amide bonds. The second-order valence-corrected chi connectivity index (χ2v) is 5.81. The van der Waals surface area contributed by atoms with Gasteiger partial charge in [0.05, 0.1) is 29.0 Å². The van der Waals surface area contributed by atoms with E-state index in [-0.39, 0.29) is 6.61 Å². The molecular weight excluding hydrogens is 312 g/mol. The van der Waals surface area contributed by atoms with E-state index in [2.05, 4.69) is 10.1 Å². The summed E-state index contributed by atoms with van der Waals surface area (Å²) in [5, 5.41) is 14.2. The summed E-state index contributed by atoms with van der Waals surface area (Å²) in [7, 11) is 1.83. The van der Waals surface area contributed by atoms with Crippen molar-refractivity contribution in [2.75, 3.05) is 6.61 Å². The Hall–Kier alpha value is -2.11. The fourth-order valence-electron chi connectivity index (χ4n) is 2.76. The lowest BCUT2D eigenvalue weighted by Gasteiger charge is -2.10. The van der Waals surface area contributed by atoms with Gasteiger partial charge in [0, 0.05) is 25.8 Å². The monoisotopic (exact) mass is 330 g/mol. The van der Waals surface area contributed by atoms with Gasteiger partial charge in [-0.2, -0.15) is 5.10 Å². The van der Waals surface area contributed by atoms with Gasteiger partial charge in [-0.15, -0.1) is 0 Å². The molecule has 6 heteroatoms. The normalized spacial score (nSPS) is 11.1. The number of aryl methyl sites for hydroxylation is 3. The molecule has 0 unspecified atom stereocenters. The van der Waals surface area contributed by atoms with Gasteiger partial charge in [0.25, 0.3) is 0 Å². The van der Waals surface area contributed by atoms with E-state index in [1.54, 1.807) is 11.0 Å². The lowest BCUT2D eigenvalue weighted by Crippen LogP contribution is -2.02. The Bertz CT molecular complexity index is 808. The minimum Gasteiger partial charge on any atom is -0.396 e. The standard InChI is InChI=1S/C17H19ClN4O/c1-12-14(17(18)21(2)20-12)16-15(13-7-4-3-5-8-13)19-11-22(16)9-6-10-23/h3-5,7-8,11,23H,6,9-10H2,1-2H3. The molecule has 0 bridgehead atoms. The van der Waals surface area contributed by atoms with Gasteiger partial charge < -0.3 is 9.67 Å². The van der Waals surface area contributed by atoms with Crippen LogP contribution in [0.3, 0.4) is 0 Å². The van der Waals surface area contributed by atoms with E-state index in [0.29, 0.717) is 18.1 Å². The number of benzene rings is 1. The summed E-state index contributed by atoms with van der Waals surface area (Å²) in [4.78, 5) is 4.59. The van der Waals surface area contributed by atoms with E-state index in [9.17, 15) is 0 Å². The van der Waals surface area contributed by atoms with Crippen LogP contribution in [0.25, 0.3) is 22.5 Å². The van der Waals surface area contributed by atoms with Gasteiger partial charge in [-0.05, 0) is 13.3 Å². The lowest BCUT2D eigenvalue weighted by molar-refractivity contribution is 0.280. The summed E-state index contributed by atoms with van der Waals surface area (Å²) in [6.07, 6.45) is 2.46. The molecule has 0 saturated carbocycles. The molecule has 0 fully saturated rings. The molecule has 0 radical (unpaired) electrons. The zero-order chi connectivity index (χ0) is 16.4. The maximum Gasteiger partial charge on any atom is 0.136 e. The number of imidazole rings is 1. The third-order valence-corrected chi connectivity index (χ3v) is 4.26. The van der Waals surface area contributed by atoms with Crippen LogP contribution in [-0.4, -0.2) is 31.0 Å². The highest BCUT2D eigenvalue weighted by atomic mass is 35.5. The number of aliphatic hydroxyl groups is 1. The zero-order valence-electron chi connectivity index (χ0n) is 13.2. The molecule has 2 aromatic heterocycles. The number of aliphatic hydroxyl groups excluding tert-OH is 1. The summed E-state index contributed by atoms with van der Waals surface area (Å²) in [5.74, 6) is 0. The van der Waals surface area contributed by atoms with Crippen molar-refractivity contribution in [1.82, 2.24) is 19.3 Å². The van der Waals surface area contributed by atoms with Crippen LogP contribution in [0, 0.1) is 6.92 Å².